The minimum atomic E-state index is -0.395. The lowest BCUT2D eigenvalue weighted by atomic mass is 9.70. The number of nitrogen functional groups attached to an aromatic ring is 1. The van der Waals surface area contributed by atoms with E-state index < -0.39 is 5.60 Å². The summed E-state index contributed by atoms with van der Waals surface area (Å²) in [6, 6.07) is 0. The van der Waals surface area contributed by atoms with Crippen molar-refractivity contribution in [3.05, 3.63) is 16.0 Å². The lowest BCUT2D eigenvalue weighted by Crippen LogP contribution is -2.38. The van der Waals surface area contributed by atoms with Crippen molar-refractivity contribution in [2.75, 3.05) is 12.8 Å². The van der Waals surface area contributed by atoms with Crippen LogP contribution < -0.4 is 5.73 Å². The maximum Gasteiger partial charge on any atom is 0.162 e. The second kappa shape index (κ2) is 5.84. The molecule has 0 saturated heterocycles. The Bertz CT molecular complexity index is 518. The summed E-state index contributed by atoms with van der Waals surface area (Å²) in [7, 11) is 1.76. The third-order valence-electron chi connectivity index (χ3n) is 4.66. The minimum Gasteiger partial charge on any atom is -0.383 e. The van der Waals surface area contributed by atoms with Crippen LogP contribution in [0.25, 0.3) is 0 Å². The van der Waals surface area contributed by atoms with Gasteiger partial charge in [0.25, 0.3) is 0 Å². The lowest BCUT2D eigenvalue weighted by molar-refractivity contribution is -0.0730. The molecule has 0 radical (unpaired) electrons. The molecule has 0 aliphatic heterocycles. The number of halogens is 1. The topological polar surface area (TPSA) is 61.0 Å². The fourth-order valence-electron chi connectivity index (χ4n) is 2.92. The first-order valence-electron chi connectivity index (χ1n) is 7.59. The van der Waals surface area contributed by atoms with E-state index in [1.807, 2.05) is 0 Å². The number of hydrogen-bond donors (Lipinski definition) is 1. The summed E-state index contributed by atoms with van der Waals surface area (Å²) < 4.78 is 6.70. The molecule has 1 saturated carbocycles. The molecule has 1 aromatic rings. The molecular weight excluding hydrogens is 330 g/mol. The first kappa shape index (κ1) is 16.7. The molecule has 2 N–H and O–H groups in total. The van der Waals surface area contributed by atoms with Gasteiger partial charge < -0.3 is 10.5 Å². The number of ether oxygens (including phenoxy) is 1. The van der Waals surface area contributed by atoms with E-state index >= 15 is 0 Å². The Labute approximate surface area is 136 Å². The molecule has 1 heterocycles. The number of nitrogens with zero attached hydrogens (tertiary/aromatic N) is 2. The highest BCUT2D eigenvalue weighted by atomic mass is 79.9. The highest BCUT2D eigenvalue weighted by Crippen LogP contribution is 2.46. The monoisotopic (exact) mass is 355 g/mol. The summed E-state index contributed by atoms with van der Waals surface area (Å²) in [6.07, 6.45) is 4.10. The fraction of sp³-hybridized carbons (Fsp3) is 0.750. The first-order chi connectivity index (χ1) is 9.71. The molecule has 0 atom stereocenters. The highest BCUT2D eigenvalue weighted by molar-refractivity contribution is 9.10. The van der Waals surface area contributed by atoms with Crippen LogP contribution in [0, 0.1) is 5.41 Å². The molecule has 0 spiro atoms. The van der Waals surface area contributed by atoms with Gasteiger partial charge in [0.2, 0.25) is 0 Å². The maximum absolute atomic E-state index is 6.08. The predicted octanol–water partition coefficient (Wildman–Crippen LogP) is 4.39. The Morgan fingerprint density at radius 3 is 2.19 bits per heavy atom. The van der Waals surface area contributed by atoms with Crippen molar-refractivity contribution in [3.8, 4) is 0 Å². The molecule has 0 aromatic carbocycles. The van der Waals surface area contributed by atoms with Crippen molar-refractivity contribution in [1.82, 2.24) is 9.97 Å². The minimum absolute atomic E-state index is 0.289. The highest BCUT2D eigenvalue weighted by Gasteiger charge is 2.42. The van der Waals surface area contributed by atoms with Gasteiger partial charge in [0.15, 0.2) is 5.82 Å². The normalized spacial score (nSPS) is 20.7. The van der Waals surface area contributed by atoms with Gasteiger partial charge in [0.05, 0.1) is 10.2 Å². The van der Waals surface area contributed by atoms with Crippen LogP contribution in [-0.4, -0.2) is 17.1 Å². The fourth-order valence-corrected chi connectivity index (χ4v) is 3.55. The average Bonchev–Trinajstić information content (AvgIpc) is 2.42. The van der Waals surface area contributed by atoms with E-state index in [9.17, 15) is 0 Å². The van der Waals surface area contributed by atoms with Crippen molar-refractivity contribution in [2.24, 2.45) is 5.41 Å². The maximum atomic E-state index is 6.08. The van der Waals surface area contributed by atoms with E-state index in [0.717, 1.165) is 41.7 Å². The molecule has 1 aliphatic rings. The van der Waals surface area contributed by atoms with Crippen LogP contribution in [0.4, 0.5) is 5.82 Å². The summed E-state index contributed by atoms with van der Waals surface area (Å²) in [5, 5.41) is 0. The molecule has 2 rings (SSSR count). The molecular formula is C16H26BrN3O. The zero-order valence-corrected chi connectivity index (χ0v) is 15.2. The summed E-state index contributed by atoms with van der Waals surface area (Å²) in [4.78, 5) is 9.31. The smallest absolute Gasteiger partial charge is 0.162 e. The van der Waals surface area contributed by atoms with Gasteiger partial charge in [-0.1, -0.05) is 27.7 Å². The summed E-state index contributed by atoms with van der Waals surface area (Å²) in [6.45, 7) is 8.84. The van der Waals surface area contributed by atoms with Crippen molar-refractivity contribution in [2.45, 2.75) is 64.9 Å². The van der Waals surface area contributed by atoms with Gasteiger partial charge in [-0.2, -0.15) is 0 Å². The van der Waals surface area contributed by atoms with Crippen LogP contribution in [0.3, 0.4) is 0 Å². The molecule has 1 aromatic heterocycles. The van der Waals surface area contributed by atoms with Gasteiger partial charge >= 0.3 is 0 Å². The van der Waals surface area contributed by atoms with Crippen LogP contribution in [-0.2, 0) is 10.3 Å². The van der Waals surface area contributed by atoms with Crippen LogP contribution in [0.2, 0.25) is 0 Å². The lowest BCUT2D eigenvalue weighted by Gasteiger charge is -2.41. The number of methoxy groups -OCH3 is 1. The molecule has 0 bridgehead atoms. The molecule has 21 heavy (non-hydrogen) atoms. The molecule has 1 fully saturated rings. The van der Waals surface area contributed by atoms with Gasteiger partial charge in [-0.3, -0.25) is 0 Å². The summed E-state index contributed by atoms with van der Waals surface area (Å²) in [5.41, 5.74) is 7.01. The molecule has 4 nitrogen and oxygen atoms in total. The average molecular weight is 356 g/mol. The standard InChI is InChI=1S/C16H26BrN3O/c1-10(2)12-11(17)13(18)20-14(19-12)16(21-5)8-6-15(3,4)7-9-16/h10H,6-9H2,1-5H3,(H2,18,19,20). The van der Waals surface area contributed by atoms with Crippen molar-refractivity contribution in [1.29, 1.82) is 0 Å². The molecule has 1 aliphatic carbocycles. The van der Waals surface area contributed by atoms with Crippen molar-refractivity contribution in [3.63, 3.8) is 0 Å². The van der Waals surface area contributed by atoms with Crippen LogP contribution in [0.5, 0.6) is 0 Å². The molecule has 118 valence electrons. The van der Waals surface area contributed by atoms with Gasteiger partial charge in [-0.25, -0.2) is 9.97 Å². The van der Waals surface area contributed by atoms with Gasteiger partial charge in [0, 0.05) is 7.11 Å². The van der Waals surface area contributed by atoms with E-state index in [0.29, 0.717) is 11.2 Å². The molecule has 5 heteroatoms. The zero-order chi connectivity index (χ0) is 15.8. The van der Waals surface area contributed by atoms with E-state index in [1.165, 1.54) is 0 Å². The largest absolute Gasteiger partial charge is 0.383 e. The van der Waals surface area contributed by atoms with E-state index in [1.54, 1.807) is 7.11 Å². The number of rotatable bonds is 3. The number of aromatic nitrogens is 2. The first-order valence-corrected chi connectivity index (χ1v) is 8.39. The Kier molecular flexibility index (Phi) is 4.64. The SMILES string of the molecule is COC1(c2nc(N)c(Br)c(C(C)C)n2)CCC(C)(C)CC1. The van der Waals surface area contributed by atoms with Crippen LogP contribution >= 0.6 is 15.9 Å². The van der Waals surface area contributed by atoms with Gasteiger partial charge in [-0.15, -0.1) is 0 Å². The second-order valence-corrected chi connectivity index (χ2v) is 7.94. The Hall–Kier alpha value is -0.680. The van der Waals surface area contributed by atoms with Crippen LogP contribution in [0.1, 0.15) is 70.8 Å². The van der Waals surface area contributed by atoms with Crippen molar-refractivity contribution >= 4 is 21.7 Å². The third kappa shape index (κ3) is 3.24. The van der Waals surface area contributed by atoms with Crippen molar-refractivity contribution < 1.29 is 4.74 Å². The van der Waals surface area contributed by atoms with Crippen LogP contribution in [0.15, 0.2) is 4.47 Å². The number of nitrogens with two attached hydrogens (primary N) is 1. The van der Waals surface area contributed by atoms with Gasteiger partial charge in [-0.05, 0) is 52.9 Å². The van der Waals surface area contributed by atoms with E-state index in [2.05, 4.69) is 48.6 Å². The Morgan fingerprint density at radius 2 is 1.71 bits per heavy atom. The number of hydrogen-bond acceptors (Lipinski definition) is 4. The second-order valence-electron chi connectivity index (χ2n) is 7.15. The Balaban J connectivity index is 2.44. The number of anilines is 1. The zero-order valence-electron chi connectivity index (χ0n) is 13.7. The molecule has 0 unspecified atom stereocenters. The van der Waals surface area contributed by atoms with E-state index in [-0.39, 0.29) is 5.92 Å². The third-order valence-corrected chi connectivity index (χ3v) is 5.47. The predicted molar refractivity (Wildman–Crippen MR) is 89.2 cm³/mol. The Morgan fingerprint density at radius 1 is 1.14 bits per heavy atom. The molecule has 0 amide bonds. The quantitative estimate of drug-likeness (QED) is 0.873. The summed E-state index contributed by atoms with van der Waals surface area (Å²) in [5.74, 6) is 1.53. The van der Waals surface area contributed by atoms with E-state index in [4.69, 9.17) is 15.5 Å². The van der Waals surface area contributed by atoms with Gasteiger partial charge in [0.1, 0.15) is 11.4 Å². The summed E-state index contributed by atoms with van der Waals surface area (Å²) >= 11 is 3.51.